The summed E-state index contributed by atoms with van der Waals surface area (Å²) in [5.74, 6) is 0. The van der Waals surface area contributed by atoms with Gasteiger partial charge in [-0.25, -0.2) is 8.42 Å². The Balaban J connectivity index is 2.51. The summed E-state index contributed by atoms with van der Waals surface area (Å²) < 4.78 is 25.6. The van der Waals surface area contributed by atoms with Crippen LogP contribution in [0, 0.1) is 0 Å². The molecule has 0 bridgehead atoms. The highest BCUT2D eigenvalue weighted by Crippen LogP contribution is 2.18. The molecule has 0 unspecified atom stereocenters. The first-order chi connectivity index (χ1) is 8.53. The molecule has 94 valence electrons. The van der Waals surface area contributed by atoms with Crippen LogP contribution in [0.1, 0.15) is 0 Å². The fraction of sp³-hybridized carbons (Fsp3) is 0.0833. The highest BCUT2D eigenvalue weighted by molar-refractivity contribution is 7.92. The van der Waals surface area contributed by atoms with Crippen LogP contribution in [0.25, 0.3) is 0 Å². The lowest BCUT2D eigenvalue weighted by Gasteiger charge is -2.18. The number of nitrogens with zero attached hydrogens (tertiary/aromatic N) is 1. The summed E-state index contributed by atoms with van der Waals surface area (Å²) in [6.07, 6.45) is 2.58. The second-order valence-electron chi connectivity index (χ2n) is 3.68. The zero-order valence-electron chi connectivity index (χ0n) is 9.70. The normalized spacial score (nSPS) is 11.2. The van der Waals surface area contributed by atoms with E-state index in [0.717, 1.165) is 4.31 Å². The first kappa shape index (κ1) is 12.4. The molecule has 0 radical (unpaired) electrons. The Morgan fingerprint density at radius 2 is 1.78 bits per heavy atom. The number of aromatic nitrogens is 1. The average molecular weight is 264 g/mol. The van der Waals surface area contributed by atoms with Crippen LogP contribution >= 0.6 is 0 Å². The van der Waals surface area contributed by atoms with Crippen molar-refractivity contribution in [3.63, 3.8) is 0 Å². The second-order valence-corrected chi connectivity index (χ2v) is 5.62. The van der Waals surface area contributed by atoms with Crippen molar-refractivity contribution in [1.82, 2.24) is 4.98 Å². The molecule has 5 nitrogen and oxygen atoms in total. The summed E-state index contributed by atoms with van der Waals surface area (Å²) in [7, 11) is -2.42. The molecule has 0 atom stereocenters. The van der Waals surface area contributed by atoms with Gasteiger partial charge in [-0.3, -0.25) is 9.10 Å². The Labute approximate surface area is 105 Å². The minimum absolute atomic E-state index is 0.267. The number of anilines is 1. The van der Waals surface area contributed by atoms with Crippen LogP contribution < -0.4 is 9.73 Å². The van der Waals surface area contributed by atoms with Crippen molar-refractivity contribution >= 4 is 15.7 Å². The lowest BCUT2D eigenvalue weighted by atomic mass is 10.3. The summed E-state index contributed by atoms with van der Waals surface area (Å²) in [4.78, 5) is 13.9. The molecular weight excluding hydrogens is 252 g/mol. The highest BCUT2D eigenvalue weighted by Gasteiger charge is 2.23. The van der Waals surface area contributed by atoms with E-state index in [0.29, 0.717) is 5.69 Å². The zero-order chi connectivity index (χ0) is 13.2. The predicted octanol–water partition coefficient (Wildman–Crippen LogP) is 1.20. The number of H-pyrrole nitrogens is 1. The molecule has 0 aliphatic heterocycles. The number of benzene rings is 1. The van der Waals surface area contributed by atoms with Crippen LogP contribution in [0.3, 0.4) is 0 Å². The van der Waals surface area contributed by atoms with Crippen molar-refractivity contribution in [1.29, 1.82) is 0 Å². The molecule has 1 aromatic carbocycles. The monoisotopic (exact) mass is 264 g/mol. The van der Waals surface area contributed by atoms with Crippen molar-refractivity contribution in [2.24, 2.45) is 0 Å². The molecule has 6 heteroatoms. The maximum absolute atomic E-state index is 12.3. The number of aromatic amines is 1. The van der Waals surface area contributed by atoms with Crippen molar-refractivity contribution in [3.05, 3.63) is 59.0 Å². The van der Waals surface area contributed by atoms with Gasteiger partial charge in [0.25, 0.3) is 10.0 Å². The Kier molecular flexibility index (Phi) is 3.20. The van der Waals surface area contributed by atoms with Crippen molar-refractivity contribution < 1.29 is 8.42 Å². The molecular formula is C12H12N2O3S. The van der Waals surface area contributed by atoms with E-state index in [1.165, 1.54) is 25.5 Å². The van der Waals surface area contributed by atoms with E-state index in [4.69, 9.17) is 0 Å². The molecule has 2 aromatic rings. The Bertz CT molecular complexity index is 693. The van der Waals surface area contributed by atoms with E-state index in [-0.39, 0.29) is 4.90 Å². The SMILES string of the molecule is CN(c1ccccc1)S(=O)(=O)c1c[nH]ccc1=O. The van der Waals surface area contributed by atoms with Gasteiger partial charge in [-0.05, 0) is 12.1 Å². The van der Waals surface area contributed by atoms with Gasteiger partial charge >= 0.3 is 0 Å². The van der Waals surface area contributed by atoms with E-state index in [1.54, 1.807) is 30.3 Å². The van der Waals surface area contributed by atoms with Crippen LogP contribution in [0.2, 0.25) is 0 Å². The lowest BCUT2D eigenvalue weighted by molar-refractivity contribution is 0.593. The fourth-order valence-corrected chi connectivity index (χ4v) is 2.76. The topological polar surface area (TPSA) is 70.2 Å². The van der Waals surface area contributed by atoms with E-state index >= 15 is 0 Å². The first-order valence-electron chi connectivity index (χ1n) is 5.24. The summed E-state index contributed by atoms with van der Waals surface area (Å²) in [6.45, 7) is 0. The van der Waals surface area contributed by atoms with Crippen molar-refractivity contribution in [2.45, 2.75) is 4.90 Å². The van der Waals surface area contributed by atoms with Gasteiger partial charge in [-0.2, -0.15) is 0 Å². The third-order valence-electron chi connectivity index (χ3n) is 2.55. The molecule has 0 fully saturated rings. The summed E-state index contributed by atoms with van der Waals surface area (Å²) >= 11 is 0. The molecule has 1 N–H and O–H groups in total. The Morgan fingerprint density at radius 1 is 1.11 bits per heavy atom. The first-order valence-corrected chi connectivity index (χ1v) is 6.68. The molecule has 1 heterocycles. The van der Waals surface area contributed by atoms with Crippen molar-refractivity contribution in [2.75, 3.05) is 11.4 Å². The standard InChI is InChI=1S/C12H12N2O3S/c1-14(10-5-3-2-4-6-10)18(16,17)12-9-13-8-7-11(12)15/h2-9H,1H3,(H,13,15). The molecule has 2 rings (SSSR count). The maximum Gasteiger partial charge on any atom is 0.269 e. The van der Waals surface area contributed by atoms with Crippen LogP contribution in [-0.2, 0) is 10.0 Å². The van der Waals surface area contributed by atoms with Gasteiger partial charge in [0.2, 0.25) is 5.43 Å². The molecule has 0 aliphatic rings. The second kappa shape index (κ2) is 4.66. The zero-order valence-corrected chi connectivity index (χ0v) is 10.5. The Hall–Kier alpha value is -2.08. The summed E-state index contributed by atoms with van der Waals surface area (Å²) in [6, 6.07) is 9.77. The number of hydrogen-bond donors (Lipinski definition) is 1. The third-order valence-corrected chi connectivity index (χ3v) is 4.35. The minimum atomic E-state index is -3.83. The average Bonchev–Trinajstić information content (AvgIpc) is 2.39. The molecule has 0 saturated carbocycles. The summed E-state index contributed by atoms with van der Waals surface area (Å²) in [5.41, 5.74) is -0.0303. The van der Waals surface area contributed by atoms with E-state index in [9.17, 15) is 13.2 Å². The number of pyridine rings is 1. The van der Waals surface area contributed by atoms with Crippen molar-refractivity contribution in [3.8, 4) is 0 Å². The quantitative estimate of drug-likeness (QED) is 0.905. The van der Waals surface area contributed by atoms with Crippen LogP contribution in [0.4, 0.5) is 5.69 Å². The van der Waals surface area contributed by atoms with Gasteiger partial charge in [0.05, 0.1) is 5.69 Å². The predicted molar refractivity (Wildman–Crippen MR) is 69.1 cm³/mol. The van der Waals surface area contributed by atoms with E-state index in [2.05, 4.69) is 4.98 Å². The van der Waals surface area contributed by atoms with Gasteiger partial charge in [-0.1, -0.05) is 18.2 Å². The van der Waals surface area contributed by atoms with Gasteiger partial charge in [0.15, 0.2) is 4.90 Å². The fourth-order valence-electron chi connectivity index (χ4n) is 1.53. The van der Waals surface area contributed by atoms with Crippen LogP contribution in [0.5, 0.6) is 0 Å². The number of rotatable bonds is 3. The van der Waals surface area contributed by atoms with E-state index in [1.807, 2.05) is 0 Å². The third kappa shape index (κ3) is 2.14. The summed E-state index contributed by atoms with van der Waals surface area (Å²) in [5, 5.41) is 0. The van der Waals surface area contributed by atoms with Crippen LogP contribution in [0.15, 0.2) is 58.5 Å². The molecule has 0 amide bonds. The number of hydrogen-bond acceptors (Lipinski definition) is 3. The van der Waals surface area contributed by atoms with E-state index < -0.39 is 15.5 Å². The molecule has 0 spiro atoms. The molecule has 18 heavy (non-hydrogen) atoms. The van der Waals surface area contributed by atoms with Gasteiger partial charge in [-0.15, -0.1) is 0 Å². The van der Waals surface area contributed by atoms with Gasteiger partial charge in [0, 0.05) is 25.5 Å². The van der Waals surface area contributed by atoms with Gasteiger partial charge < -0.3 is 4.98 Å². The number of para-hydroxylation sites is 1. The Morgan fingerprint density at radius 3 is 2.39 bits per heavy atom. The largest absolute Gasteiger partial charge is 0.366 e. The maximum atomic E-state index is 12.3. The minimum Gasteiger partial charge on any atom is -0.366 e. The molecule has 0 aliphatic carbocycles. The smallest absolute Gasteiger partial charge is 0.269 e. The van der Waals surface area contributed by atoms with Gasteiger partial charge in [0.1, 0.15) is 0 Å². The number of nitrogens with one attached hydrogen (secondary N) is 1. The number of sulfonamides is 1. The lowest BCUT2D eigenvalue weighted by Crippen LogP contribution is -2.30. The molecule has 1 aromatic heterocycles. The van der Waals surface area contributed by atoms with Crippen LogP contribution in [-0.4, -0.2) is 20.4 Å². The molecule has 0 saturated heterocycles. The highest BCUT2D eigenvalue weighted by atomic mass is 32.2.